The van der Waals surface area contributed by atoms with E-state index in [1.54, 1.807) is 4.90 Å². The molecule has 2 aromatic rings. The van der Waals surface area contributed by atoms with E-state index in [0.717, 1.165) is 24.4 Å². The number of nitrogens with zero attached hydrogens (tertiary/aromatic N) is 3. The molecule has 0 bridgehead atoms. The molecule has 0 saturated carbocycles. The minimum atomic E-state index is -3.65. The van der Waals surface area contributed by atoms with Gasteiger partial charge in [-0.15, -0.1) is 11.8 Å². The Labute approximate surface area is 193 Å². The number of sulfonamides is 1. The van der Waals surface area contributed by atoms with Crippen LogP contribution in [0.3, 0.4) is 0 Å². The number of anilines is 1. The van der Waals surface area contributed by atoms with Crippen LogP contribution in [0.5, 0.6) is 0 Å². The number of carbonyl (C=O) groups excluding carboxylic acids is 2. The van der Waals surface area contributed by atoms with Crippen molar-refractivity contribution in [3.63, 3.8) is 0 Å². The van der Waals surface area contributed by atoms with Gasteiger partial charge in [0.15, 0.2) is 5.78 Å². The smallest absolute Gasteiger partial charge is 0.243 e. The van der Waals surface area contributed by atoms with Crippen molar-refractivity contribution < 1.29 is 18.0 Å². The van der Waals surface area contributed by atoms with E-state index in [4.69, 9.17) is 0 Å². The molecule has 2 aliphatic rings. The molecule has 1 amide bonds. The normalized spacial score (nSPS) is 17.5. The van der Waals surface area contributed by atoms with Gasteiger partial charge in [-0.25, -0.2) is 8.42 Å². The van der Waals surface area contributed by atoms with E-state index < -0.39 is 10.0 Å². The van der Waals surface area contributed by atoms with E-state index in [0.29, 0.717) is 25.2 Å². The van der Waals surface area contributed by atoms with Crippen LogP contribution in [-0.2, 0) is 14.8 Å². The maximum atomic E-state index is 13.0. The lowest BCUT2D eigenvalue weighted by Crippen LogP contribution is -2.52. The number of Topliss-reactive ketones (excluding diaryl/α,β-unsaturated/α-hetero) is 1. The van der Waals surface area contributed by atoms with Gasteiger partial charge in [0.05, 0.1) is 17.1 Å². The fraction of sp³-hybridized carbons (Fsp3) is 0.391. The zero-order valence-corrected chi connectivity index (χ0v) is 19.7. The van der Waals surface area contributed by atoms with Gasteiger partial charge in [-0.1, -0.05) is 24.3 Å². The average Bonchev–Trinajstić information content (AvgIpc) is 3.01. The summed E-state index contributed by atoms with van der Waals surface area (Å²) in [7, 11) is -3.65. The van der Waals surface area contributed by atoms with Crippen molar-refractivity contribution in [3.05, 3.63) is 54.1 Å². The van der Waals surface area contributed by atoms with E-state index >= 15 is 0 Å². The summed E-state index contributed by atoms with van der Waals surface area (Å²) in [6.45, 7) is 3.84. The van der Waals surface area contributed by atoms with Crippen molar-refractivity contribution in [3.8, 4) is 0 Å². The number of carbonyl (C=O) groups is 2. The summed E-state index contributed by atoms with van der Waals surface area (Å²) in [5.74, 6) is 0.951. The predicted octanol–water partition coefficient (Wildman–Crippen LogP) is 2.72. The Balaban J connectivity index is 1.38. The fourth-order valence-corrected chi connectivity index (χ4v) is 6.45. The SMILES string of the molecule is CC(=O)c1ccc(S(=O)(=O)N2CCN(C(=O)CN3CCCSc4ccccc43)CC2)cc1. The summed E-state index contributed by atoms with van der Waals surface area (Å²) in [6, 6.07) is 14.2. The summed E-state index contributed by atoms with van der Waals surface area (Å²) in [5.41, 5.74) is 1.58. The Morgan fingerprint density at radius 2 is 1.62 bits per heavy atom. The number of piperazine rings is 1. The first-order chi connectivity index (χ1) is 15.4. The number of ketones is 1. The number of para-hydroxylation sites is 1. The highest BCUT2D eigenvalue weighted by Gasteiger charge is 2.31. The molecule has 0 spiro atoms. The zero-order valence-electron chi connectivity index (χ0n) is 18.1. The molecule has 2 aliphatic heterocycles. The number of hydrogen-bond acceptors (Lipinski definition) is 6. The third kappa shape index (κ3) is 4.84. The van der Waals surface area contributed by atoms with E-state index in [9.17, 15) is 18.0 Å². The summed E-state index contributed by atoms with van der Waals surface area (Å²) >= 11 is 1.82. The van der Waals surface area contributed by atoms with E-state index in [-0.39, 0.29) is 29.7 Å². The average molecular weight is 474 g/mol. The predicted molar refractivity (Wildman–Crippen MR) is 126 cm³/mol. The van der Waals surface area contributed by atoms with Crippen molar-refractivity contribution in [2.45, 2.75) is 23.1 Å². The second-order valence-electron chi connectivity index (χ2n) is 7.96. The highest BCUT2D eigenvalue weighted by molar-refractivity contribution is 7.99. The van der Waals surface area contributed by atoms with Crippen molar-refractivity contribution in [1.29, 1.82) is 0 Å². The van der Waals surface area contributed by atoms with E-state index in [1.807, 2.05) is 23.9 Å². The Kier molecular flexibility index (Phi) is 6.88. The molecule has 2 aromatic carbocycles. The van der Waals surface area contributed by atoms with Crippen molar-refractivity contribution >= 4 is 39.2 Å². The van der Waals surface area contributed by atoms with Crippen molar-refractivity contribution in [1.82, 2.24) is 9.21 Å². The number of hydrogen-bond donors (Lipinski definition) is 0. The maximum Gasteiger partial charge on any atom is 0.243 e. The number of benzene rings is 2. The van der Waals surface area contributed by atoms with Gasteiger partial charge in [0, 0.05) is 43.2 Å². The molecule has 0 radical (unpaired) electrons. The Hall–Kier alpha value is -2.36. The van der Waals surface area contributed by atoms with Crippen LogP contribution in [0.2, 0.25) is 0 Å². The van der Waals surface area contributed by atoms with E-state index in [1.165, 1.54) is 40.4 Å². The van der Waals surface area contributed by atoms with E-state index in [2.05, 4.69) is 17.0 Å². The van der Waals surface area contributed by atoms with Gasteiger partial charge in [-0.05, 0) is 43.4 Å². The molecule has 0 aromatic heterocycles. The van der Waals surface area contributed by atoms with Crippen LogP contribution in [0.25, 0.3) is 0 Å². The van der Waals surface area contributed by atoms with Crippen LogP contribution >= 0.6 is 11.8 Å². The van der Waals surface area contributed by atoms with Crippen molar-refractivity contribution in [2.75, 3.05) is 49.9 Å². The topological polar surface area (TPSA) is 78.0 Å². The van der Waals surface area contributed by atoms with Gasteiger partial charge in [-0.2, -0.15) is 4.31 Å². The lowest BCUT2D eigenvalue weighted by molar-refractivity contribution is -0.130. The molecule has 0 unspecified atom stereocenters. The molecule has 4 rings (SSSR count). The zero-order chi connectivity index (χ0) is 22.7. The Bertz CT molecular complexity index is 1090. The first-order valence-corrected chi connectivity index (χ1v) is 13.1. The van der Waals surface area contributed by atoms with Gasteiger partial charge >= 0.3 is 0 Å². The molecule has 0 aliphatic carbocycles. The third-order valence-electron chi connectivity index (χ3n) is 5.85. The van der Waals surface area contributed by atoms with Gasteiger partial charge in [0.2, 0.25) is 15.9 Å². The molecule has 170 valence electrons. The summed E-state index contributed by atoms with van der Waals surface area (Å²) < 4.78 is 27.3. The molecule has 1 saturated heterocycles. The largest absolute Gasteiger partial charge is 0.361 e. The lowest BCUT2D eigenvalue weighted by atomic mass is 10.2. The number of rotatable bonds is 5. The monoisotopic (exact) mass is 473 g/mol. The van der Waals surface area contributed by atoms with Crippen LogP contribution in [0.4, 0.5) is 5.69 Å². The number of thioether (sulfide) groups is 1. The second-order valence-corrected chi connectivity index (χ2v) is 11.0. The minimum Gasteiger partial charge on any atom is -0.361 e. The molecule has 0 N–H and O–H groups in total. The fourth-order valence-electron chi connectivity index (χ4n) is 4.01. The van der Waals surface area contributed by atoms with Crippen LogP contribution in [-0.4, -0.2) is 74.3 Å². The maximum absolute atomic E-state index is 13.0. The lowest BCUT2D eigenvalue weighted by Gasteiger charge is -2.35. The number of fused-ring (bicyclic) bond motifs is 1. The third-order valence-corrected chi connectivity index (χ3v) is 8.91. The van der Waals surface area contributed by atoms with Crippen molar-refractivity contribution in [2.24, 2.45) is 0 Å². The summed E-state index contributed by atoms with van der Waals surface area (Å²) in [4.78, 5) is 29.7. The second kappa shape index (κ2) is 9.64. The molecular weight excluding hydrogens is 446 g/mol. The molecule has 1 fully saturated rings. The summed E-state index contributed by atoms with van der Waals surface area (Å²) in [5, 5.41) is 0. The highest BCUT2D eigenvalue weighted by Crippen LogP contribution is 2.33. The molecule has 9 heteroatoms. The van der Waals surface area contributed by atoms with Gasteiger partial charge in [0.1, 0.15) is 0 Å². The van der Waals surface area contributed by atoms with Gasteiger partial charge in [0.25, 0.3) is 0 Å². The van der Waals surface area contributed by atoms with Crippen LogP contribution in [0.1, 0.15) is 23.7 Å². The quantitative estimate of drug-likeness (QED) is 0.622. The Morgan fingerprint density at radius 1 is 0.938 bits per heavy atom. The van der Waals surface area contributed by atoms with Gasteiger partial charge in [-0.3, -0.25) is 9.59 Å². The molecule has 7 nitrogen and oxygen atoms in total. The molecule has 2 heterocycles. The van der Waals surface area contributed by atoms with Crippen LogP contribution in [0.15, 0.2) is 58.3 Å². The summed E-state index contributed by atoms with van der Waals surface area (Å²) in [6.07, 6.45) is 1.01. The van der Waals surface area contributed by atoms with Crippen LogP contribution < -0.4 is 4.90 Å². The molecular formula is C23H27N3O4S2. The first-order valence-electron chi connectivity index (χ1n) is 10.7. The Morgan fingerprint density at radius 3 is 2.31 bits per heavy atom. The minimum absolute atomic E-state index is 0.0227. The first kappa shape index (κ1) is 22.8. The number of amides is 1. The van der Waals surface area contributed by atoms with Gasteiger partial charge < -0.3 is 9.80 Å². The standard InChI is InChI=1S/C23H27N3O4S2/c1-18(27)19-7-9-20(10-8-19)32(29,30)26-14-12-24(13-15-26)23(28)17-25-11-4-16-31-22-6-3-2-5-21(22)25/h2-3,5-10H,4,11-17H2,1H3. The molecule has 0 atom stereocenters. The highest BCUT2D eigenvalue weighted by atomic mass is 32.2. The van der Waals surface area contributed by atoms with Crippen LogP contribution in [0, 0.1) is 0 Å². The molecule has 32 heavy (non-hydrogen) atoms.